The Morgan fingerprint density at radius 2 is 2.16 bits per heavy atom. The van der Waals surface area contributed by atoms with E-state index in [0.717, 1.165) is 30.7 Å². The molecule has 1 heterocycles. The Morgan fingerprint density at radius 1 is 1.37 bits per heavy atom. The van der Waals surface area contributed by atoms with Crippen molar-refractivity contribution in [2.24, 2.45) is 0 Å². The molecule has 0 unspecified atom stereocenters. The van der Waals surface area contributed by atoms with Gasteiger partial charge in [-0.05, 0) is 18.2 Å². The molecule has 0 radical (unpaired) electrons. The zero-order chi connectivity index (χ0) is 13.8. The van der Waals surface area contributed by atoms with Crippen LogP contribution in [0.4, 0.5) is 0 Å². The van der Waals surface area contributed by atoms with Gasteiger partial charge in [0.15, 0.2) is 0 Å². The summed E-state index contributed by atoms with van der Waals surface area (Å²) >= 11 is 0. The second kappa shape index (κ2) is 5.84. The van der Waals surface area contributed by atoms with Crippen LogP contribution in [0, 0.1) is 0 Å². The molecule has 1 fully saturated rings. The number of benzene rings is 1. The minimum atomic E-state index is 0.122. The van der Waals surface area contributed by atoms with Crippen molar-refractivity contribution in [2.75, 3.05) is 33.8 Å². The fraction of sp³-hybridized carbons (Fsp3) is 0.429. The van der Waals surface area contributed by atoms with Gasteiger partial charge in [0.1, 0.15) is 12.0 Å². The van der Waals surface area contributed by atoms with Crippen LogP contribution in [0.3, 0.4) is 0 Å². The number of rotatable bonds is 4. The normalized spacial score (nSPS) is 16.5. The highest BCUT2D eigenvalue weighted by atomic mass is 16.5. The van der Waals surface area contributed by atoms with Crippen LogP contribution in [0.5, 0.6) is 5.75 Å². The second-order valence-electron chi connectivity index (χ2n) is 4.72. The van der Waals surface area contributed by atoms with Crippen LogP contribution in [0.1, 0.15) is 15.9 Å². The van der Waals surface area contributed by atoms with Crippen molar-refractivity contribution in [3.05, 3.63) is 29.3 Å². The van der Waals surface area contributed by atoms with Crippen LogP contribution in [0.15, 0.2) is 18.2 Å². The highest BCUT2D eigenvalue weighted by Crippen LogP contribution is 2.21. The van der Waals surface area contributed by atoms with Gasteiger partial charge < -0.3 is 9.64 Å². The Labute approximate surface area is 112 Å². The van der Waals surface area contributed by atoms with E-state index >= 15 is 0 Å². The number of carbonyl (C=O) groups excluding carboxylic acids is 2. The largest absolute Gasteiger partial charge is 0.496 e. The Hall–Kier alpha value is -1.88. The van der Waals surface area contributed by atoms with Gasteiger partial charge in [0.05, 0.1) is 13.7 Å². The van der Waals surface area contributed by atoms with E-state index < -0.39 is 0 Å². The van der Waals surface area contributed by atoms with Gasteiger partial charge in [-0.1, -0.05) is 0 Å². The van der Waals surface area contributed by atoms with Crippen LogP contribution < -0.4 is 4.74 Å². The number of methoxy groups -OCH3 is 1. The third-order valence-corrected chi connectivity index (χ3v) is 3.37. The van der Waals surface area contributed by atoms with Crippen molar-refractivity contribution in [3.8, 4) is 5.75 Å². The van der Waals surface area contributed by atoms with Crippen molar-refractivity contribution >= 4 is 12.2 Å². The quantitative estimate of drug-likeness (QED) is 0.752. The molecule has 19 heavy (non-hydrogen) atoms. The lowest BCUT2D eigenvalue weighted by Gasteiger charge is -2.32. The van der Waals surface area contributed by atoms with Crippen LogP contribution in [-0.2, 0) is 11.3 Å². The summed E-state index contributed by atoms with van der Waals surface area (Å²) in [6, 6.07) is 5.33. The summed E-state index contributed by atoms with van der Waals surface area (Å²) < 4.78 is 5.30. The minimum Gasteiger partial charge on any atom is -0.496 e. The van der Waals surface area contributed by atoms with E-state index in [1.165, 1.54) is 0 Å². The molecule has 1 aromatic rings. The molecule has 102 valence electrons. The predicted octanol–water partition coefficient (Wildman–Crippen LogP) is 0.782. The zero-order valence-electron chi connectivity index (χ0n) is 11.3. The molecule has 2 rings (SSSR count). The lowest BCUT2D eigenvalue weighted by atomic mass is 10.1. The highest BCUT2D eigenvalue weighted by Gasteiger charge is 2.21. The molecule has 1 aromatic carbocycles. The third kappa shape index (κ3) is 3.12. The van der Waals surface area contributed by atoms with E-state index in [-0.39, 0.29) is 5.91 Å². The first-order valence-electron chi connectivity index (χ1n) is 6.22. The van der Waals surface area contributed by atoms with Crippen molar-refractivity contribution in [3.63, 3.8) is 0 Å². The number of hydrogen-bond donors (Lipinski definition) is 0. The van der Waals surface area contributed by atoms with Crippen LogP contribution >= 0.6 is 0 Å². The van der Waals surface area contributed by atoms with Crippen molar-refractivity contribution in [1.82, 2.24) is 9.80 Å². The summed E-state index contributed by atoms with van der Waals surface area (Å²) in [5, 5.41) is 0. The Kier molecular flexibility index (Phi) is 4.16. The number of likely N-dealkylation sites (N-methyl/N-ethyl adjacent to an activating group) is 1. The topological polar surface area (TPSA) is 49.9 Å². The molecule has 0 aliphatic carbocycles. The first-order chi connectivity index (χ1) is 9.13. The molecule has 0 saturated carbocycles. The molecule has 5 heteroatoms. The van der Waals surface area contributed by atoms with Gasteiger partial charge in [-0.15, -0.1) is 0 Å². The van der Waals surface area contributed by atoms with Crippen molar-refractivity contribution < 1.29 is 14.3 Å². The van der Waals surface area contributed by atoms with Gasteiger partial charge in [0, 0.05) is 37.8 Å². The van der Waals surface area contributed by atoms with Gasteiger partial charge in [0.2, 0.25) is 5.91 Å². The van der Waals surface area contributed by atoms with Gasteiger partial charge in [-0.25, -0.2) is 0 Å². The van der Waals surface area contributed by atoms with Gasteiger partial charge in [-0.2, -0.15) is 0 Å². The van der Waals surface area contributed by atoms with Crippen LogP contribution in [0.2, 0.25) is 0 Å². The molecular formula is C14H18N2O3. The van der Waals surface area contributed by atoms with E-state index in [2.05, 4.69) is 4.90 Å². The Morgan fingerprint density at radius 3 is 2.79 bits per heavy atom. The average Bonchev–Trinajstić information content (AvgIpc) is 2.43. The summed E-state index contributed by atoms with van der Waals surface area (Å²) in [5.41, 5.74) is 1.56. The molecule has 0 atom stereocenters. The number of carbonyl (C=O) groups is 2. The van der Waals surface area contributed by atoms with Crippen LogP contribution in [-0.4, -0.2) is 55.8 Å². The maximum absolute atomic E-state index is 11.7. The molecule has 0 spiro atoms. The van der Waals surface area contributed by atoms with Gasteiger partial charge in [0.25, 0.3) is 0 Å². The van der Waals surface area contributed by atoms with Gasteiger partial charge >= 0.3 is 0 Å². The SMILES string of the molecule is COc1ccc(C=O)cc1CN1CCN(C)C(=O)C1. The minimum absolute atomic E-state index is 0.122. The third-order valence-electron chi connectivity index (χ3n) is 3.37. The maximum Gasteiger partial charge on any atom is 0.236 e. The molecule has 1 saturated heterocycles. The fourth-order valence-corrected chi connectivity index (χ4v) is 2.18. The summed E-state index contributed by atoms with van der Waals surface area (Å²) in [7, 11) is 3.42. The van der Waals surface area contributed by atoms with Crippen molar-refractivity contribution in [2.45, 2.75) is 6.54 Å². The first kappa shape index (κ1) is 13.5. The van der Waals surface area contributed by atoms with Crippen LogP contribution in [0.25, 0.3) is 0 Å². The molecular weight excluding hydrogens is 244 g/mol. The van der Waals surface area contributed by atoms with E-state index in [1.807, 2.05) is 13.1 Å². The zero-order valence-corrected chi connectivity index (χ0v) is 11.3. The lowest BCUT2D eigenvalue weighted by Crippen LogP contribution is -2.48. The molecule has 5 nitrogen and oxygen atoms in total. The van der Waals surface area contributed by atoms with E-state index in [0.29, 0.717) is 18.7 Å². The maximum atomic E-state index is 11.7. The number of hydrogen-bond acceptors (Lipinski definition) is 4. The Balaban J connectivity index is 2.13. The molecule has 0 N–H and O–H groups in total. The summed E-state index contributed by atoms with van der Waals surface area (Å²) in [4.78, 5) is 26.3. The standard InChI is InChI=1S/C14H18N2O3/c1-15-5-6-16(9-14(15)18)8-12-7-11(10-17)3-4-13(12)19-2/h3-4,7,10H,5-6,8-9H2,1-2H3. The number of nitrogens with zero attached hydrogens (tertiary/aromatic N) is 2. The number of ether oxygens (including phenoxy) is 1. The Bertz CT molecular complexity index is 488. The number of piperazine rings is 1. The predicted molar refractivity (Wildman–Crippen MR) is 71.3 cm³/mol. The number of aldehydes is 1. The first-order valence-corrected chi connectivity index (χ1v) is 6.22. The summed E-state index contributed by atoms with van der Waals surface area (Å²) in [6.45, 7) is 2.58. The van der Waals surface area contributed by atoms with Gasteiger partial charge in [-0.3, -0.25) is 14.5 Å². The molecule has 0 aromatic heterocycles. The smallest absolute Gasteiger partial charge is 0.236 e. The molecule has 0 bridgehead atoms. The fourth-order valence-electron chi connectivity index (χ4n) is 2.18. The van der Waals surface area contributed by atoms with E-state index in [1.54, 1.807) is 24.1 Å². The monoisotopic (exact) mass is 262 g/mol. The molecule has 1 aliphatic rings. The highest BCUT2D eigenvalue weighted by molar-refractivity contribution is 5.78. The summed E-state index contributed by atoms with van der Waals surface area (Å²) in [6.07, 6.45) is 0.818. The summed E-state index contributed by atoms with van der Waals surface area (Å²) in [5.74, 6) is 0.869. The molecule has 1 aliphatic heterocycles. The van der Waals surface area contributed by atoms with E-state index in [9.17, 15) is 9.59 Å². The average molecular weight is 262 g/mol. The lowest BCUT2D eigenvalue weighted by molar-refractivity contribution is -0.134. The second-order valence-corrected chi connectivity index (χ2v) is 4.72. The molecule has 1 amide bonds. The number of amides is 1. The van der Waals surface area contributed by atoms with E-state index in [4.69, 9.17) is 4.74 Å². The van der Waals surface area contributed by atoms with Crippen molar-refractivity contribution in [1.29, 1.82) is 0 Å².